The maximum absolute atomic E-state index is 5.98. The summed E-state index contributed by atoms with van der Waals surface area (Å²) in [7, 11) is 3.71. The largest absolute Gasteiger partial charge is 0.497 e. The van der Waals surface area contributed by atoms with E-state index in [-0.39, 0.29) is 5.41 Å². The Kier molecular flexibility index (Phi) is 3.57. The monoisotopic (exact) mass is 295 g/mol. The molecule has 0 aliphatic rings. The summed E-state index contributed by atoms with van der Waals surface area (Å²) in [5.74, 6) is 2.72. The number of hydrogen-bond acceptors (Lipinski definition) is 2. The molecule has 0 aliphatic carbocycles. The zero-order valence-electron chi connectivity index (χ0n) is 13.5. The first-order valence-corrected chi connectivity index (χ1v) is 7.38. The summed E-state index contributed by atoms with van der Waals surface area (Å²) in [6.45, 7) is 4.17. The first-order valence-electron chi connectivity index (χ1n) is 7.38. The number of benzene rings is 1. The lowest BCUT2D eigenvalue weighted by Gasteiger charge is -2.28. The first kappa shape index (κ1) is 14.5. The van der Waals surface area contributed by atoms with Crippen molar-refractivity contribution in [3.05, 3.63) is 77.5 Å². The number of furan rings is 1. The average Bonchev–Trinajstić information content (AvgIpc) is 3.16. The molecule has 0 spiro atoms. The van der Waals surface area contributed by atoms with Crippen molar-refractivity contribution in [2.45, 2.75) is 19.3 Å². The van der Waals surface area contributed by atoms with Crippen LogP contribution in [0.1, 0.15) is 29.6 Å². The van der Waals surface area contributed by atoms with Crippen molar-refractivity contribution in [3.8, 4) is 5.75 Å². The number of methoxy groups -OCH3 is 1. The number of nitrogens with zero attached hydrogens (tertiary/aromatic N) is 1. The van der Waals surface area contributed by atoms with Crippen molar-refractivity contribution >= 4 is 0 Å². The molecule has 0 saturated carbocycles. The molecule has 3 aromatic rings. The lowest BCUT2D eigenvalue weighted by atomic mass is 9.75. The molecule has 2 aromatic heterocycles. The molecule has 1 aromatic carbocycles. The summed E-state index contributed by atoms with van der Waals surface area (Å²) in [6.07, 6.45) is 4.20. The average molecular weight is 295 g/mol. The number of aryl methyl sites for hydroxylation is 2. The van der Waals surface area contributed by atoms with Gasteiger partial charge in [-0.15, -0.1) is 0 Å². The van der Waals surface area contributed by atoms with Crippen molar-refractivity contribution in [1.29, 1.82) is 0 Å². The molecule has 0 fully saturated rings. The third-order valence-corrected chi connectivity index (χ3v) is 4.31. The Hall–Kier alpha value is -2.42. The topological polar surface area (TPSA) is 27.3 Å². The second kappa shape index (κ2) is 5.41. The van der Waals surface area contributed by atoms with Crippen LogP contribution in [0, 0.1) is 6.92 Å². The fraction of sp³-hybridized carbons (Fsp3) is 0.263. The lowest BCUT2D eigenvalue weighted by Crippen LogP contribution is -2.24. The lowest BCUT2D eigenvalue weighted by molar-refractivity contribution is 0.412. The fourth-order valence-electron chi connectivity index (χ4n) is 2.88. The van der Waals surface area contributed by atoms with E-state index >= 15 is 0 Å². The molecule has 0 aliphatic heterocycles. The molecule has 2 heterocycles. The van der Waals surface area contributed by atoms with Gasteiger partial charge in [-0.25, -0.2) is 0 Å². The molecule has 1 unspecified atom stereocenters. The smallest absolute Gasteiger partial charge is 0.118 e. The predicted octanol–water partition coefficient (Wildman–Crippen LogP) is 4.29. The van der Waals surface area contributed by atoms with Crippen molar-refractivity contribution in [2.75, 3.05) is 7.11 Å². The molecule has 0 bridgehead atoms. The van der Waals surface area contributed by atoms with Crippen LogP contribution in [-0.4, -0.2) is 11.7 Å². The summed E-state index contributed by atoms with van der Waals surface area (Å²) in [4.78, 5) is 0. The van der Waals surface area contributed by atoms with Crippen molar-refractivity contribution in [3.63, 3.8) is 0 Å². The quantitative estimate of drug-likeness (QED) is 0.718. The molecule has 22 heavy (non-hydrogen) atoms. The molecular formula is C19H21NO2. The Morgan fingerprint density at radius 2 is 1.73 bits per heavy atom. The van der Waals surface area contributed by atoms with Crippen molar-refractivity contribution in [2.24, 2.45) is 7.05 Å². The Morgan fingerprint density at radius 3 is 2.23 bits per heavy atom. The Balaban J connectivity index is 2.17. The van der Waals surface area contributed by atoms with Gasteiger partial charge in [-0.05, 0) is 55.3 Å². The van der Waals surface area contributed by atoms with Crippen LogP contribution in [0.15, 0.2) is 59.3 Å². The molecule has 3 nitrogen and oxygen atoms in total. The van der Waals surface area contributed by atoms with Gasteiger partial charge in [0.25, 0.3) is 0 Å². The number of rotatable bonds is 4. The first-order chi connectivity index (χ1) is 10.5. The van der Waals surface area contributed by atoms with E-state index in [1.165, 1.54) is 11.1 Å². The van der Waals surface area contributed by atoms with Gasteiger partial charge in [0, 0.05) is 19.4 Å². The zero-order chi connectivity index (χ0) is 15.7. The van der Waals surface area contributed by atoms with Crippen molar-refractivity contribution in [1.82, 2.24) is 4.57 Å². The van der Waals surface area contributed by atoms with Gasteiger partial charge in [-0.3, -0.25) is 0 Å². The maximum atomic E-state index is 5.98. The van der Waals surface area contributed by atoms with Gasteiger partial charge in [-0.1, -0.05) is 12.1 Å². The zero-order valence-corrected chi connectivity index (χ0v) is 13.5. The number of hydrogen-bond donors (Lipinski definition) is 0. The molecule has 0 N–H and O–H groups in total. The van der Waals surface area contributed by atoms with E-state index < -0.39 is 0 Å². The van der Waals surface area contributed by atoms with Crippen LogP contribution in [0.5, 0.6) is 5.75 Å². The highest BCUT2D eigenvalue weighted by molar-refractivity contribution is 5.47. The third kappa shape index (κ3) is 2.33. The minimum Gasteiger partial charge on any atom is -0.497 e. The predicted molar refractivity (Wildman–Crippen MR) is 87.4 cm³/mol. The molecule has 3 rings (SSSR count). The molecule has 1 atom stereocenters. The molecule has 0 amide bonds. The maximum Gasteiger partial charge on any atom is 0.118 e. The van der Waals surface area contributed by atoms with Gasteiger partial charge in [-0.2, -0.15) is 0 Å². The van der Waals surface area contributed by atoms with Gasteiger partial charge in [0.15, 0.2) is 0 Å². The van der Waals surface area contributed by atoms with Crippen LogP contribution < -0.4 is 4.74 Å². The highest BCUT2D eigenvalue weighted by atomic mass is 16.5. The van der Waals surface area contributed by atoms with Gasteiger partial charge in [0.2, 0.25) is 0 Å². The summed E-state index contributed by atoms with van der Waals surface area (Å²) < 4.78 is 13.3. The summed E-state index contributed by atoms with van der Waals surface area (Å²) >= 11 is 0. The molecule has 114 valence electrons. The summed E-state index contributed by atoms with van der Waals surface area (Å²) in [5.41, 5.74) is 2.05. The van der Waals surface area contributed by atoms with E-state index in [1.807, 2.05) is 32.2 Å². The molecule has 0 radical (unpaired) electrons. The van der Waals surface area contributed by atoms with E-state index in [0.29, 0.717) is 0 Å². The fourth-order valence-corrected chi connectivity index (χ4v) is 2.88. The van der Waals surface area contributed by atoms with E-state index in [2.05, 4.69) is 48.1 Å². The SMILES string of the molecule is COc1ccc(C(C)(c2ccn(C)c2)c2ccc(C)o2)cc1. The normalized spacial score (nSPS) is 13.8. The van der Waals surface area contributed by atoms with E-state index in [4.69, 9.17) is 9.15 Å². The molecule has 0 saturated heterocycles. The van der Waals surface area contributed by atoms with Crippen LogP contribution in [0.2, 0.25) is 0 Å². The number of aromatic nitrogens is 1. The standard InChI is InChI=1S/C19H21NO2/c1-14-5-10-18(22-14)19(2,16-11-12-20(3)13-16)15-6-8-17(21-4)9-7-15/h5-13H,1-4H3. The van der Waals surface area contributed by atoms with E-state index in [1.54, 1.807) is 7.11 Å². The highest BCUT2D eigenvalue weighted by Crippen LogP contribution is 2.40. The third-order valence-electron chi connectivity index (χ3n) is 4.31. The van der Waals surface area contributed by atoms with Crippen molar-refractivity contribution < 1.29 is 9.15 Å². The second-order valence-corrected chi connectivity index (χ2v) is 5.83. The Labute approximate surface area is 131 Å². The minimum absolute atomic E-state index is 0.332. The van der Waals surface area contributed by atoms with Gasteiger partial charge >= 0.3 is 0 Å². The van der Waals surface area contributed by atoms with Gasteiger partial charge in [0.1, 0.15) is 17.3 Å². The number of ether oxygens (including phenoxy) is 1. The summed E-state index contributed by atoms with van der Waals surface area (Å²) in [5, 5.41) is 0. The summed E-state index contributed by atoms with van der Waals surface area (Å²) in [6, 6.07) is 14.4. The second-order valence-electron chi connectivity index (χ2n) is 5.83. The Bertz CT molecular complexity index is 725. The molecular weight excluding hydrogens is 274 g/mol. The van der Waals surface area contributed by atoms with Crippen LogP contribution in [0.25, 0.3) is 0 Å². The van der Waals surface area contributed by atoms with Crippen LogP contribution in [0.4, 0.5) is 0 Å². The van der Waals surface area contributed by atoms with E-state index in [9.17, 15) is 0 Å². The van der Waals surface area contributed by atoms with Crippen LogP contribution >= 0.6 is 0 Å². The molecule has 3 heteroatoms. The Morgan fingerprint density at radius 1 is 1.00 bits per heavy atom. The van der Waals surface area contributed by atoms with E-state index in [0.717, 1.165) is 17.3 Å². The van der Waals surface area contributed by atoms with Gasteiger partial charge in [0.05, 0.1) is 12.5 Å². The highest BCUT2D eigenvalue weighted by Gasteiger charge is 2.35. The van der Waals surface area contributed by atoms with Gasteiger partial charge < -0.3 is 13.7 Å². The minimum atomic E-state index is -0.332. The van der Waals surface area contributed by atoms with Crippen LogP contribution in [0.3, 0.4) is 0 Å². The van der Waals surface area contributed by atoms with Crippen LogP contribution in [-0.2, 0) is 12.5 Å².